The summed E-state index contributed by atoms with van der Waals surface area (Å²) in [6.45, 7) is 3.53. The van der Waals surface area contributed by atoms with Gasteiger partial charge in [0.15, 0.2) is 5.69 Å². The number of carbonyl (C=O) groups excluding carboxylic acids is 1. The van der Waals surface area contributed by atoms with E-state index in [9.17, 15) is 9.18 Å². The molecule has 0 saturated heterocycles. The first kappa shape index (κ1) is 12.3. The summed E-state index contributed by atoms with van der Waals surface area (Å²) in [5.74, 6) is -0.0392. The Bertz CT molecular complexity index is 548. The molecule has 1 N–H and O–H groups in total. The predicted molar refractivity (Wildman–Crippen MR) is 63.5 cm³/mol. The largest absolute Gasteiger partial charge is 0.361 e. The van der Waals surface area contributed by atoms with Crippen LogP contribution in [0.4, 0.5) is 4.39 Å². The average Bonchev–Trinajstić information content (AvgIpc) is 2.76. The fourth-order valence-electron chi connectivity index (χ4n) is 1.58. The summed E-state index contributed by atoms with van der Waals surface area (Å²) in [4.78, 5) is 11.8. The molecule has 2 aromatic rings. The highest BCUT2D eigenvalue weighted by Gasteiger charge is 2.14. The van der Waals surface area contributed by atoms with E-state index < -0.39 is 0 Å². The van der Waals surface area contributed by atoms with E-state index in [0.717, 1.165) is 5.56 Å². The Kier molecular flexibility index (Phi) is 3.41. The number of nitrogens with zero attached hydrogens (tertiary/aromatic N) is 1. The molecule has 0 saturated carbocycles. The molecular formula is C13H13FN2O2. The number of benzene rings is 1. The molecule has 1 heterocycles. The number of amides is 1. The van der Waals surface area contributed by atoms with E-state index in [2.05, 4.69) is 10.5 Å². The van der Waals surface area contributed by atoms with Crippen molar-refractivity contribution in [3.8, 4) is 0 Å². The summed E-state index contributed by atoms with van der Waals surface area (Å²) >= 11 is 0. The molecule has 1 atom stereocenters. The molecule has 0 aliphatic heterocycles. The van der Waals surface area contributed by atoms with Gasteiger partial charge < -0.3 is 9.84 Å². The summed E-state index contributed by atoms with van der Waals surface area (Å²) in [5, 5.41) is 6.39. The third-order valence-electron chi connectivity index (χ3n) is 2.58. The van der Waals surface area contributed by atoms with E-state index in [4.69, 9.17) is 4.52 Å². The quantitative estimate of drug-likeness (QED) is 0.908. The van der Waals surface area contributed by atoms with Crippen molar-refractivity contribution in [2.24, 2.45) is 0 Å². The molecule has 5 heteroatoms. The molecule has 2 rings (SSSR count). The van der Waals surface area contributed by atoms with Gasteiger partial charge in [-0.1, -0.05) is 17.3 Å². The molecule has 18 heavy (non-hydrogen) atoms. The topological polar surface area (TPSA) is 55.1 Å². The molecule has 0 aliphatic rings. The maximum atomic E-state index is 12.8. The molecule has 0 spiro atoms. The van der Waals surface area contributed by atoms with Crippen LogP contribution in [0.25, 0.3) is 0 Å². The minimum atomic E-state index is -0.316. The lowest BCUT2D eigenvalue weighted by Crippen LogP contribution is -2.26. The smallest absolute Gasteiger partial charge is 0.273 e. The maximum absolute atomic E-state index is 12.8. The lowest BCUT2D eigenvalue weighted by Gasteiger charge is -2.12. The molecule has 0 bridgehead atoms. The van der Waals surface area contributed by atoms with Crippen molar-refractivity contribution in [3.63, 3.8) is 0 Å². The molecular weight excluding hydrogens is 235 g/mol. The molecule has 4 nitrogen and oxygen atoms in total. The highest BCUT2D eigenvalue weighted by Crippen LogP contribution is 2.13. The van der Waals surface area contributed by atoms with Crippen LogP contribution in [0, 0.1) is 12.7 Å². The first-order chi connectivity index (χ1) is 8.56. The summed E-state index contributed by atoms with van der Waals surface area (Å²) < 4.78 is 17.6. The Labute approximate surface area is 104 Å². The number of carbonyl (C=O) groups is 1. The van der Waals surface area contributed by atoms with Crippen LogP contribution < -0.4 is 5.32 Å². The lowest BCUT2D eigenvalue weighted by molar-refractivity contribution is 0.0930. The van der Waals surface area contributed by atoms with Crippen molar-refractivity contribution in [2.75, 3.05) is 0 Å². The Balaban J connectivity index is 2.05. The third-order valence-corrected chi connectivity index (χ3v) is 2.58. The predicted octanol–water partition coefficient (Wildman–Crippen LogP) is 2.61. The number of rotatable bonds is 3. The highest BCUT2D eigenvalue weighted by atomic mass is 19.1. The zero-order valence-electron chi connectivity index (χ0n) is 10.1. The van der Waals surface area contributed by atoms with Gasteiger partial charge in [-0.25, -0.2) is 4.39 Å². The molecule has 0 fully saturated rings. The zero-order valence-corrected chi connectivity index (χ0v) is 10.1. The molecule has 1 unspecified atom stereocenters. The van der Waals surface area contributed by atoms with Crippen LogP contribution >= 0.6 is 0 Å². The van der Waals surface area contributed by atoms with Gasteiger partial charge in [-0.15, -0.1) is 0 Å². The van der Waals surface area contributed by atoms with Gasteiger partial charge in [0.05, 0.1) is 6.04 Å². The van der Waals surface area contributed by atoms with Gasteiger partial charge in [-0.2, -0.15) is 0 Å². The molecule has 0 radical (unpaired) electrons. The van der Waals surface area contributed by atoms with Crippen molar-refractivity contribution in [1.29, 1.82) is 0 Å². The second-order valence-electron chi connectivity index (χ2n) is 4.07. The lowest BCUT2D eigenvalue weighted by atomic mass is 10.1. The first-order valence-corrected chi connectivity index (χ1v) is 5.56. The van der Waals surface area contributed by atoms with Gasteiger partial charge in [0.1, 0.15) is 11.6 Å². The third kappa shape index (κ3) is 2.74. The normalized spacial score (nSPS) is 12.2. The first-order valence-electron chi connectivity index (χ1n) is 5.56. The minimum absolute atomic E-state index is 0.227. The van der Waals surface area contributed by atoms with Gasteiger partial charge in [-0.05, 0) is 31.5 Å². The van der Waals surface area contributed by atoms with Crippen LogP contribution in [0.3, 0.4) is 0 Å². The SMILES string of the molecule is Cc1cc(C(=O)NC(C)c2ccc(F)cc2)no1. The van der Waals surface area contributed by atoms with Gasteiger partial charge in [0, 0.05) is 6.07 Å². The molecule has 0 aliphatic carbocycles. The van der Waals surface area contributed by atoms with E-state index in [0.29, 0.717) is 5.76 Å². The summed E-state index contributed by atoms with van der Waals surface area (Å²) in [7, 11) is 0. The minimum Gasteiger partial charge on any atom is -0.361 e. The van der Waals surface area contributed by atoms with Crippen molar-refractivity contribution in [3.05, 3.63) is 53.2 Å². The number of hydrogen-bond acceptors (Lipinski definition) is 3. The van der Waals surface area contributed by atoms with Crippen molar-refractivity contribution in [2.45, 2.75) is 19.9 Å². The molecule has 94 valence electrons. The van der Waals surface area contributed by atoms with Crippen LogP contribution in [0.15, 0.2) is 34.9 Å². The second kappa shape index (κ2) is 5.00. The fraction of sp³-hybridized carbons (Fsp3) is 0.231. The van der Waals surface area contributed by atoms with Crippen LogP contribution in [0.5, 0.6) is 0 Å². The van der Waals surface area contributed by atoms with Crippen molar-refractivity contribution < 1.29 is 13.7 Å². The number of aryl methyl sites for hydroxylation is 1. The van der Waals surface area contributed by atoms with Crippen molar-refractivity contribution in [1.82, 2.24) is 10.5 Å². The van der Waals surface area contributed by atoms with Crippen molar-refractivity contribution >= 4 is 5.91 Å². The fourth-order valence-corrected chi connectivity index (χ4v) is 1.58. The van der Waals surface area contributed by atoms with Crippen LogP contribution in [-0.2, 0) is 0 Å². The summed E-state index contributed by atoms with van der Waals surface area (Å²) in [5.41, 5.74) is 1.06. The molecule has 1 aromatic carbocycles. The standard InChI is InChI=1S/C13H13FN2O2/c1-8-7-12(16-18-8)13(17)15-9(2)10-3-5-11(14)6-4-10/h3-7,9H,1-2H3,(H,15,17). The van der Waals surface area contributed by atoms with E-state index in [1.807, 2.05) is 6.92 Å². The van der Waals surface area contributed by atoms with Gasteiger partial charge in [0.2, 0.25) is 0 Å². The van der Waals surface area contributed by atoms with E-state index in [1.54, 1.807) is 25.1 Å². The number of aromatic nitrogens is 1. The van der Waals surface area contributed by atoms with Gasteiger partial charge >= 0.3 is 0 Å². The Morgan fingerprint density at radius 2 is 2.06 bits per heavy atom. The molecule has 1 aromatic heterocycles. The Hall–Kier alpha value is -2.17. The van der Waals surface area contributed by atoms with Crippen LogP contribution in [0.1, 0.15) is 34.8 Å². The summed E-state index contributed by atoms with van der Waals surface area (Å²) in [6, 6.07) is 7.32. The van der Waals surface area contributed by atoms with E-state index in [-0.39, 0.29) is 23.5 Å². The zero-order chi connectivity index (χ0) is 13.1. The van der Waals surface area contributed by atoms with Gasteiger partial charge in [-0.3, -0.25) is 4.79 Å². The van der Waals surface area contributed by atoms with Crippen LogP contribution in [0.2, 0.25) is 0 Å². The maximum Gasteiger partial charge on any atom is 0.273 e. The average molecular weight is 248 g/mol. The highest BCUT2D eigenvalue weighted by molar-refractivity contribution is 5.92. The Morgan fingerprint density at radius 1 is 1.39 bits per heavy atom. The Morgan fingerprint density at radius 3 is 2.61 bits per heavy atom. The number of hydrogen-bond donors (Lipinski definition) is 1. The molecule has 1 amide bonds. The number of halogens is 1. The number of nitrogens with one attached hydrogen (secondary N) is 1. The monoisotopic (exact) mass is 248 g/mol. The second-order valence-corrected chi connectivity index (χ2v) is 4.07. The van der Waals surface area contributed by atoms with E-state index in [1.165, 1.54) is 12.1 Å². The van der Waals surface area contributed by atoms with E-state index >= 15 is 0 Å². The van der Waals surface area contributed by atoms with Gasteiger partial charge in [0.25, 0.3) is 5.91 Å². The van der Waals surface area contributed by atoms with Crippen LogP contribution in [-0.4, -0.2) is 11.1 Å². The summed E-state index contributed by atoms with van der Waals surface area (Å²) in [6.07, 6.45) is 0.